The van der Waals surface area contributed by atoms with E-state index in [0.717, 1.165) is 4.88 Å². The Bertz CT molecular complexity index is 765. The third-order valence-electron chi connectivity index (χ3n) is 4.13. The summed E-state index contributed by atoms with van der Waals surface area (Å²) in [7, 11) is -3.49. The van der Waals surface area contributed by atoms with Gasteiger partial charge >= 0.3 is 0 Å². The lowest BCUT2D eigenvalue weighted by Crippen LogP contribution is -2.46. The summed E-state index contributed by atoms with van der Waals surface area (Å²) in [6, 6.07) is 12.2. The molecule has 0 unspecified atom stereocenters. The zero-order chi connectivity index (χ0) is 17.0. The highest BCUT2D eigenvalue weighted by Gasteiger charge is 2.26. The van der Waals surface area contributed by atoms with Gasteiger partial charge in [0.05, 0.1) is 11.3 Å². The molecule has 7 heteroatoms. The van der Waals surface area contributed by atoms with Gasteiger partial charge in [0.1, 0.15) is 0 Å². The quantitative estimate of drug-likeness (QED) is 0.885. The van der Waals surface area contributed by atoms with Crippen LogP contribution in [0, 0.1) is 0 Å². The van der Waals surface area contributed by atoms with E-state index in [-0.39, 0.29) is 16.8 Å². The summed E-state index contributed by atoms with van der Waals surface area (Å²) in [4.78, 5) is 15.4. The third-order valence-corrected chi connectivity index (χ3v) is 6.54. The fraction of sp³-hybridized carbons (Fsp3) is 0.353. The minimum absolute atomic E-state index is 0.113. The average molecular weight is 364 g/mol. The van der Waals surface area contributed by atoms with Crippen molar-refractivity contribution in [2.75, 3.05) is 13.1 Å². The van der Waals surface area contributed by atoms with E-state index in [4.69, 9.17) is 0 Å². The lowest BCUT2D eigenvalue weighted by molar-refractivity contribution is -0.131. The van der Waals surface area contributed by atoms with Crippen LogP contribution < -0.4 is 4.72 Å². The number of thiophene rings is 1. The number of amides is 1. The number of nitrogens with one attached hydrogen (secondary N) is 1. The number of likely N-dealkylation sites (tertiary alicyclic amines) is 1. The molecule has 1 amide bonds. The van der Waals surface area contributed by atoms with E-state index in [9.17, 15) is 13.2 Å². The Morgan fingerprint density at radius 1 is 1.12 bits per heavy atom. The van der Waals surface area contributed by atoms with Crippen LogP contribution in [0.2, 0.25) is 0 Å². The fourth-order valence-electron chi connectivity index (χ4n) is 2.81. The molecule has 1 N–H and O–H groups in total. The number of hydrogen-bond donors (Lipinski definition) is 1. The molecular formula is C17H20N2O3S2. The van der Waals surface area contributed by atoms with E-state index in [1.54, 1.807) is 41.7 Å². The van der Waals surface area contributed by atoms with Gasteiger partial charge in [0.25, 0.3) is 0 Å². The maximum Gasteiger partial charge on any atom is 0.240 e. The van der Waals surface area contributed by atoms with Crippen LogP contribution in [0.4, 0.5) is 0 Å². The largest absolute Gasteiger partial charge is 0.342 e. The predicted molar refractivity (Wildman–Crippen MR) is 94.4 cm³/mol. The molecule has 5 nitrogen and oxygen atoms in total. The second-order valence-electron chi connectivity index (χ2n) is 5.85. The van der Waals surface area contributed by atoms with Gasteiger partial charge in [0, 0.05) is 24.0 Å². The first-order valence-corrected chi connectivity index (χ1v) is 10.3. The summed E-state index contributed by atoms with van der Waals surface area (Å²) in [6.07, 6.45) is 1.71. The first-order valence-electron chi connectivity index (χ1n) is 7.92. The molecule has 1 saturated heterocycles. The van der Waals surface area contributed by atoms with E-state index < -0.39 is 10.0 Å². The molecule has 1 aromatic heterocycles. The molecule has 0 atom stereocenters. The van der Waals surface area contributed by atoms with E-state index >= 15 is 0 Å². The molecule has 0 bridgehead atoms. The van der Waals surface area contributed by atoms with Crippen LogP contribution >= 0.6 is 11.3 Å². The van der Waals surface area contributed by atoms with Crippen LogP contribution in [0.5, 0.6) is 0 Å². The topological polar surface area (TPSA) is 66.5 Å². The van der Waals surface area contributed by atoms with E-state index in [1.807, 2.05) is 22.4 Å². The minimum Gasteiger partial charge on any atom is -0.342 e. The van der Waals surface area contributed by atoms with Crippen molar-refractivity contribution in [2.45, 2.75) is 30.2 Å². The molecule has 0 spiro atoms. The Hall–Kier alpha value is -1.70. The summed E-state index contributed by atoms with van der Waals surface area (Å²) in [6.45, 7) is 1.18. The van der Waals surface area contributed by atoms with Crippen molar-refractivity contribution in [3.05, 3.63) is 52.7 Å². The van der Waals surface area contributed by atoms with Crippen molar-refractivity contribution in [3.8, 4) is 0 Å². The first kappa shape index (κ1) is 17.1. The zero-order valence-electron chi connectivity index (χ0n) is 13.2. The van der Waals surface area contributed by atoms with Gasteiger partial charge in [-0.25, -0.2) is 13.1 Å². The molecule has 1 fully saturated rings. The van der Waals surface area contributed by atoms with Gasteiger partial charge in [-0.3, -0.25) is 4.79 Å². The summed E-state index contributed by atoms with van der Waals surface area (Å²) >= 11 is 1.58. The minimum atomic E-state index is -3.49. The predicted octanol–water partition coefficient (Wildman–Crippen LogP) is 2.26. The number of rotatable bonds is 5. The maximum absolute atomic E-state index is 12.3. The molecule has 24 heavy (non-hydrogen) atoms. The van der Waals surface area contributed by atoms with Crippen molar-refractivity contribution in [1.29, 1.82) is 0 Å². The molecular weight excluding hydrogens is 344 g/mol. The molecule has 3 rings (SSSR count). The second-order valence-corrected chi connectivity index (χ2v) is 8.59. The molecule has 0 radical (unpaired) electrons. The number of sulfonamides is 1. The van der Waals surface area contributed by atoms with Crippen LogP contribution in [0.1, 0.15) is 17.7 Å². The van der Waals surface area contributed by atoms with E-state index in [1.165, 1.54) is 0 Å². The number of nitrogens with zero attached hydrogens (tertiary/aromatic N) is 1. The second kappa shape index (κ2) is 7.46. The Morgan fingerprint density at radius 3 is 2.46 bits per heavy atom. The first-order chi connectivity index (χ1) is 11.5. The van der Waals surface area contributed by atoms with Gasteiger partial charge in [-0.1, -0.05) is 24.3 Å². The molecule has 128 valence electrons. The van der Waals surface area contributed by atoms with Crippen LogP contribution in [-0.4, -0.2) is 38.4 Å². The lowest BCUT2D eigenvalue weighted by Gasteiger charge is -2.32. The highest BCUT2D eigenvalue weighted by molar-refractivity contribution is 7.89. The SMILES string of the molecule is O=C(Cc1cccs1)N1CCC(NS(=O)(=O)c2ccccc2)CC1. The van der Waals surface area contributed by atoms with Gasteiger partial charge in [-0.2, -0.15) is 0 Å². The molecule has 2 aromatic rings. The van der Waals surface area contributed by atoms with Gasteiger partial charge in [0.15, 0.2) is 0 Å². The number of benzene rings is 1. The van der Waals surface area contributed by atoms with Crippen molar-refractivity contribution < 1.29 is 13.2 Å². The Kier molecular flexibility index (Phi) is 5.33. The van der Waals surface area contributed by atoms with Gasteiger partial charge in [-0.15, -0.1) is 11.3 Å². The van der Waals surface area contributed by atoms with Crippen molar-refractivity contribution in [3.63, 3.8) is 0 Å². The number of carbonyl (C=O) groups is 1. The van der Waals surface area contributed by atoms with Crippen LogP contribution in [-0.2, 0) is 21.2 Å². The maximum atomic E-state index is 12.3. The standard InChI is InChI=1S/C17H20N2O3S2/c20-17(13-15-5-4-12-23-15)19-10-8-14(9-11-19)18-24(21,22)16-6-2-1-3-7-16/h1-7,12,14,18H,8-11,13H2. The Balaban J connectivity index is 1.53. The normalized spacial score (nSPS) is 16.2. The Labute approximate surface area is 146 Å². The van der Waals surface area contributed by atoms with Gasteiger partial charge in [0.2, 0.25) is 15.9 Å². The van der Waals surface area contributed by atoms with Crippen molar-refractivity contribution in [1.82, 2.24) is 9.62 Å². The number of piperidine rings is 1. The lowest BCUT2D eigenvalue weighted by atomic mass is 10.1. The monoisotopic (exact) mass is 364 g/mol. The van der Waals surface area contributed by atoms with Crippen molar-refractivity contribution >= 4 is 27.3 Å². The summed E-state index contributed by atoms with van der Waals surface area (Å²) in [5, 5.41) is 1.97. The summed E-state index contributed by atoms with van der Waals surface area (Å²) in [5.41, 5.74) is 0. The van der Waals surface area contributed by atoms with Crippen molar-refractivity contribution in [2.24, 2.45) is 0 Å². The van der Waals surface area contributed by atoms with Crippen LogP contribution in [0.15, 0.2) is 52.7 Å². The van der Waals surface area contributed by atoms with E-state index in [0.29, 0.717) is 32.4 Å². The van der Waals surface area contributed by atoms with Crippen LogP contribution in [0.25, 0.3) is 0 Å². The van der Waals surface area contributed by atoms with E-state index in [2.05, 4.69) is 4.72 Å². The third kappa shape index (κ3) is 4.23. The average Bonchev–Trinajstić information content (AvgIpc) is 3.09. The fourth-order valence-corrected chi connectivity index (χ4v) is 4.83. The highest BCUT2D eigenvalue weighted by Crippen LogP contribution is 2.17. The smallest absolute Gasteiger partial charge is 0.240 e. The van der Waals surface area contributed by atoms with Crippen LogP contribution in [0.3, 0.4) is 0 Å². The molecule has 1 aliphatic rings. The molecule has 0 aliphatic carbocycles. The highest BCUT2D eigenvalue weighted by atomic mass is 32.2. The van der Waals surface area contributed by atoms with Gasteiger partial charge < -0.3 is 4.90 Å². The summed E-state index contributed by atoms with van der Waals surface area (Å²) in [5.74, 6) is 0.113. The summed E-state index contributed by atoms with van der Waals surface area (Å²) < 4.78 is 27.4. The van der Waals surface area contributed by atoms with Gasteiger partial charge in [-0.05, 0) is 36.4 Å². The number of hydrogen-bond acceptors (Lipinski definition) is 4. The number of carbonyl (C=O) groups excluding carboxylic acids is 1. The zero-order valence-corrected chi connectivity index (χ0v) is 14.9. The molecule has 2 heterocycles. The molecule has 0 saturated carbocycles. The Morgan fingerprint density at radius 2 is 1.83 bits per heavy atom. The molecule has 1 aliphatic heterocycles. The molecule has 1 aromatic carbocycles.